The van der Waals surface area contributed by atoms with Crippen molar-refractivity contribution in [3.8, 4) is 0 Å². The second-order valence-electron chi connectivity index (χ2n) is 5.24. The Hall–Kier alpha value is -2.13. The maximum Gasteiger partial charge on any atom is 0.330 e. The molecule has 0 unspecified atom stereocenters. The van der Waals surface area contributed by atoms with E-state index in [1.54, 1.807) is 11.6 Å². The molecule has 0 aromatic carbocycles. The third-order valence-corrected chi connectivity index (χ3v) is 5.72. The third kappa shape index (κ3) is 2.73. The largest absolute Gasteiger partial charge is 0.330 e. The van der Waals surface area contributed by atoms with E-state index in [4.69, 9.17) is 0 Å². The van der Waals surface area contributed by atoms with E-state index in [9.17, 15) is 14.4 Å². The quantitative estimate of drug-likeness (QED) is 0.513. The Labute approximate surface area is 145 Å². The predicted molar refractivity (Wildman–Crippen MR) is 96.0 cm³/mol. The molecule has 0 aliphatic rings. The van der Waals surface area contributed by atoms with Crippen LogP contribution in [0, 0.1) is 0 Å². The fraction of sp³-hybridized carbons (Fsp3) is 0.333. The smallest absolute Gasteiger partial charge is 0.300 e. The van der Waals surface area contributed by atoms with Crippen LogP contribution in [0.1, 0.15) is 12.6 Å². The van der Waals surface area contributed by atoms with Gasteiger partial charge in [-0.3, -0.25) is 23.3 Å². The minimum atomic E-state index is -0.368. The van der Waals surface area contributed by atoms with E-state index in [0.29, 0.717) is 33.4 Å². The topological polar surface area (TPSA) is 78.9 Å². The van der Waals surface area contributed by atoms with Gasteiger partial charge in [0.15, 0.2) is 5.16 Å². The lowest BCUT2D eigenvalue weighted by atomic mass is 10.4. The first-order valence-corrected chi connectivity index (χ1v) is 9.17. The molecule has 3 rings (SSSR count). The van der Waals surface area contributed by atoms with Crippen molar-refractivity contribution in [1.29, 1.82) is 0 Å². The van der Waals surface area contributed by atoms with Crippen molar-refractivity contribution in [3.05, 3.63) is 54.4 Å². The molecule has 0 saturated heterocycles. The van der Waals surface area contributed by atoms with Crippen LogP contribution in [0.15, 0.2) is 37.1 Å². The lowest BCUT2D eigenvalue weighted by Gasteiger charge is -2.12. The summed E-state index contributed by atoms with van der Waals surface area (Å²) in [5.41, 5.74) is 0.499. The van der Waals surface area contributed by atoms with Gasteiger partial charge in [-0.2, -0.15) is 0 Å². The second-order valence-corrected chi connectivity index (χ2v) is 7.10. The molecule has 126 valence electrons. The zero-order valence-corrected chi connectivity index (χ0v) is 15.1. The van der Waals surface area contributed by atoms with Crippen LogP contribution in [-0.2, 0) is 26.4 Å². The molecule has 0 saturated carbocycles. The van der Waals surface area contributed by atoms with E-state index in [-0.39, 0.29) is 16.8 Å². The summed E-state index contributed by atoms with van der Waals surface area (Å²) in [4.78, 5) is 40.8. The lowest BCUT2D eigenvalue weighted by molar-refractivity contribution is 0.634. The summed E-state index contributed by atoms with van der Waals surface area (Å²) in [5.74, 6) is 0.379. The van der Waals surface area contributed by atoms with Crippen LogP contribution in [0.3, 0.4) is 0 Å². The Morgan fingerprint density at radius 2 is 1.96 bits per heavy atom. The first kappa shape index (κ1) is 16.7. The summed E-state index contributed by atoms with van der Waals surface area (Å²) in [7, 11) is 3.07. The summed E-state index contributed by atoms with van der Waals surface area (Å²) in [6, 6.07) is 3.26. The van der Waals surface area contributed by atoms with Crippen molar-refractivity contribution in [2.75, 3.05) is 0 Å². The fourth-order valence-electron chi connectivity index (χ4n) is 2.37. The summed E-state index contributed by atoms with van der Waals surface area (Å²) >= 11 is 2.72. The van der Waals surface area contributed by atoms with E-state index < -0.39 is 0 Å². The Morgan fingerprint density at radius 3 is 2.67 bits per heavy atom. The second kappa shape index (κ2) is 6.40. The van der Waals surface area contributed by atoms with Crippen LogP contribution in [0.4, 0.5) is 0 Å². The standard InChI is InChI=1S/C15H16N4O3S2/c1-4-19-13(21)12-10(5-6-23-12)16-14(19)24-8-9-7-11(20)18(3)15(22)17(9)2/h5-7H,4,8H2,1-3H3. The first-order valence-electron chi connectivity index (χ1n) is 7.30. The van der Waals surface area contributed by atoms with Gasteiger partial charge in [-0.05, 0) is 18.4 Å². The van der Waals surface area contributed by atoms with E-state index >= 15 is 0 Å². The number of hydrogen-bond acceptors (Lipinski definition) is 6. The summed E-state index contributed by atoms with van der Waals surface area (Å²) in [6.45, 7) is 2.40. The molecule has 3 aromatic rings. The monoisotopic (exact) mass is 364 g/mol. The summed E-state index contributed by atoms with van der Waals surface area (Å²) in [6.07, 6.45) is 0. The van der Waals surface area contributed by atoms with E-state index in [1.807, 2.05) is 18.4 Å². The van der Waals surface area contributed by atoms with Gasteiger partial charge in [-0.25, -0.2) is 9.78 Å². The van der Waals surface area contributed by atoms with Crippen molar-refractivity contribution in [3.63, 3.8) is 0 Å². The summed E-state index contributed by atoms with van der Waals surface area (Å²) < 4.78 is 4.75. The summed E-state index contributed by atoms with van der Waals surface area (Å²) in [5, 5.41) is 2.43. The number of thioether (sulfide) groups is 1. The highest BCUT2D eigenvalue weighted by Gasteiger charge is 2.13. The average Bonchev–Trinajstić information content (AvgIpc) is 3.04. The number of rotatable bonds is 4. The number of aromatic nitrogens is 4. The fourth-order valence-corrected chi connectivity index (χ4v) is 4.23. The Morgan fingerprint density at radius 1 is 1.21 bits per heavy atom. The number of thiophene rings is 1. The van der Waals surface area contributed by atoms with E-state index in [0.717, 1.165) is 4.57 Å². The van der Waals surface area contributed by atoms with Crippen LogP contribution in [0.25, 0.3) is 10.2 Å². The zero-order chi connectivity index (χ0) is 17.4. The first-order chi connectivity index (χ1) is 11.4. The predicted octanol–water partition coefficient (Wildman–Crippen LogP) is 1.17. The number of nitrogens with zero attached hydrogens (tertiary/aromatic N) is 4. The SMILES string of the molecule is CCn1c(SCc2cc(=O)n(C)c(=O)n2C)nc2ccsc2c1=O. The van der Waals surface area contributed by atoms with E-state index in [1.165, 1.54) is 40.8 Å². The van der Waals surface area contributed by atoms with Crippen molar-refractivity contribution in [1.82, 2.24) is 18.7 Å². The molecule has 0 fully saturated rings. The van der Waals surface area contributed by atoms with Crippen LogP contribution in [0.5, 0.6) is 0 Å². The van der Waals surface area contributed by atoms with Crippen LogP contribution < -0.4 is 16.8 Å². The molecule has 0 atom stereocenters. The third-order valence-electron chi connectivity index (χ3n) is 3.82. The van der Waals surface area contributed by atoms with Crippen LogP contribution >= 0.6 is 23.1 Å². The Bertz CT molecular complexity index is 1090. The van der Waals surface area contributed by atoms with Gasteiger partial charge in [-0.15, -0.1) is 11.3 Å². The zero-order valence-electron chi connectivity index (χ0n) is 13.5. The molecule has 7 nitrogen and oxygen atoms in total. The Balaban J connectivity index is 2.01. The van der Waals surface area contributed by atoms with E-state index in [2.05, 4.69) is 4.98 Å². The van der Waals surface area contributed by atoms with Gasteiger partial charge < -0.3 is 0 Å². The maximum atomic E-state index is 12.5. The van der Waals surface area contributed by atoms with Crippen molar-refractivity contribution >= 4 is 33.3 Å². The molecule has 9 heteroatoms. The molecule has 3 heterocycles. The van der Waals surface area contributed by atoms with Gasteiger partial charge in [-0.1, -0.05) is 11.8 Å². The van der Waals surface area contributed by atoms with Gasteiger partial charge in [0.05, 0.1) is 5.52 Å². The normalized spacial score (nSPS) is 11.3. The van der Waals surface area contributed by atoms with Gasteiger partial charge in [0.2, 0.25) is 0 Å². The number of hydrogen-bond donors (Lipinski definition) is 0. The van der Waals surface area contributed by atoms with Crippen LogP contribution in [-0.4, -0.2) is 18.7 Å². The van der Waals surface area contributed by atoms with Crippen LogP contribution in [0.2, 0.25) is 0 Å². The van der Waals surface area contributed by atoms with Gasteiger partial charge in [0, 0.05) is 38.2 Å². The molecule has 0 amide bonds. The van der Waals surface area contributed by atoms with Gasteiger partial charge in [0.1, 0.15) is 4.70 Å². The molecule has 0 aliphatic carbocycles. The van der Waals surface area contributed by atoms with Crippen molar-refractivity contribution in [2.24, 2.45) is 14.1 Å². The highest BCUT2D eigenvalue weighted by Crippen LogP contribution is 2.23. The molecule has 0 aliphatic heterocycles. The highest BCUT2D eigenvalue weighted by atomic mass is 32.2. The maximum absolute atomic E-state index is 12.5. The molecule has 0 radical (unpaired) electrons. The van der Waals surface area contributed by atoms with Crippen molar-refractivity contribution in [2.45, 2.75) is 24.4 Å². The minimum Gasteiger partial charge on any atom is -0.300 e. The highest BCUT2D eigenvalue weighted by molar-refractivity contribution is 7.98. The number of fused-ring (bicyclic) bond motifs is 1. The van der Waals surface area contributed by atoms with Gasteiger partial charge >= 0.3 is 5.69 Å². The molecule has 0 spiro atoms. The molecular formula is C15H16N4O3S2. The minimum absolute atomic E-state index is 0.0575. The lowest BCUT2D eigenvalue weighted by Crippen LogP contribution is -2.37. The molecule has 0 N–H and O–H groups in total. The average molecular weight is 364 g/mol. The van der Waals surface area contributed by atoms with Crippen molar-refractivity contribution < 1.29 is 0 Å². The molecular weight excluding hydrogens is 348 g/mol. The van der Waals surface area contributed by atoms with Gasteiger partial charge in [0.25, 0.3) is 11.1 Å². The molecule has 24 heavy (non-hydrogen) atoms. The Kier molecular flexibility index (Phi) is 4.46. The molecule has 0 bridgehead atoms. The molecule has 3 aromatic heterocycles.